The minimum Gasteiger partial charge on any atom is -0.508 e. The number of benzene rings is 2. The lowest BCUT2D eigenvalue weighted by Crippen LogP contribution is -2.44. The molecule has 156 valence electrons. The third kappa shape index (κ3) is 4.34. The molecule has 0 aliphatic carbocycles. The number of rotatable bonds is 6. The van der Waals surface area contributed by atoms with Gasteiger partial charge in [-0.05, 0) is 60.3 Å². The Morgan fingerprint density at radius 1 is 1.10 bits per heavy atom. The maximum absolute atomic E-state index is 12.8. The molecule has 2 aromatic carbocycles. The molecule has 0 aromatic heterocycles. The van der Waals surface area contributed by atoms with Gasteiger partial charge in [0.2, 0.25) is 5.75 Å². The topological polar surface area (TPSA) is 97.3 Å². The molecule has 30 heavy (non-hydrogen) atoms. The van der Waals surface area contributed by atoms with Crippen LogP contribution in [0.3, 0.4) is 0 Å². The Balaban J connectivity index is 1.84. The fourth-order valence-corrected chi connectivity index (χ4v) is 3.86. The summed E-state index contributed by atoms with van der Waals surface area (Å²) in [7, 11) is 4.50. The highest BCUT2D eigenvalue weighted by Crippen LogP contribution is 2.40. The zero-order valence-electron chi connectivity index (χ0n) is 16.3. The molecule has 1 fully saturated rings. The molecule has 1 heterocycles. The van der Waals surface area contributed by atoms with Crippen LogP contribution in [-0.4, -0.2) is 47.6 Å². The van der Waals surface area contributed by atoms with Gasteiger partial charge in [0.15, 0.2) is 15.8 Å². The number of carbonyl (C=O) groups is 2. The molecule has 0 unspecified atom stereocenters. The number of ether oxygens (including phenoxy) is 3. The SMILES string of the molecule is COc1cc(C=C2SC(=S)N(NC(=O)c3ccc(O)cc3)C2=O)cc(OC)c1OC. The van der Waals surface area contributed by atoms with E-state index in [9.17, 15) is 14.7 Å². The minimum absolute atomic E-state index is 0.0328. The molecule has 0 saturated carbocycles. The van der Waals surface area contributed by atoms with Gasteiger partial charge in [0, 0.05) is 5.56 Å². The molecular weight excluding hydrogens is 428 g/mol. The Morgan fingerprint density at radius 3 is 2.23 bits per heavy atom. The molecule has 0 spiro atoms. The number of nitrogens with one attached hydrogen (secondary N) is 1. The first kappa shape index (κ1) is 21.5. The van der Waals surface area contributed by atoms with Crippen molar-refractivity contribution in [3.8, 4) is 23.0 Å². The summed E-state index contributed by atoms with van der Waals surface area (Å²) in [5.41, 5.74) is 3.39. The first-order valence-corrected chi connectivity index (χ1v) is 9.78. The highest BCUT2D eigenvalue weighted by atomic mass is 32.2. The monoisotopic (exact) mass is 446 g/mol. The molecule has 1 aliphatic heterocycles. The number of aromatic hydroxyl groups is 1. The number of methoxy groups -OCH3 is 3. The van der Waals surface area contributed by atoms with Gasteiger partial charge in [-0.3, -0.25) is 15.0 Å². The highest BCUT2D eigenvalue weighted by Gasteiger charge is 2.34. The maximum Gasteiger partial charge on any atom is 0.285 e. The van der Waals surface area contributed by atoms with Crippen molar-refractivity contribution in [2.24, 2.45) is 0 Å². The lowest BCUT2D eigenvalue weighted by Gasteiger charge is -2.15. The summed E-state index contributed by atoms with van der Waals surface area (Å²) in [5.74, 6) is 0.362. The predicted molar refractivity (Wildman–Crippen MR) is 117 cm³/mol. The van der Waals surface area contributed by atoms with E-state index in [0.29, 0.717) is 27.7 Å². The van der Waals surface area contributed by atoms with Crippen molar-refractivity contribution < 1.29 is 28.9 Å². The van der Waals surface area contributed by atoms with Crippen LogP contribution in [0.2, 0.25) is 0 Å². The Bertz CT molecular complexity index is 1010. The highest BCUT2D eigenvalue weighted by molar-refractivity contribution is 8.26. The Hall–Kier alpha value is -3.24. The summed E-state index contributed by atoms with van der Waals surface area (Å²) in [5, 5.41) is 10.3. The van der Waals surface area contributed by atoms with Crippen molar-refractivity contribution in [1.82, 2.24) is 10.4 Å². The molecule has 1 saturated heterocycles. The molecule has 10 heteroatoms. The van der Waals surface area contributed by atoms with Gasteiger partial charge >= 0.3 is 0 Å². The predicted octanol–water partition coefficient (Wildman–Crippen LogP) is 2.96. The van der Waals surface area contributed by atoms with Gasteiger partial charge in [0.1, 0.15) is 5.75 Å². The van der Waals surface area contributed by atoms with E-state index in [4.69, 9.17) is 26.4 Å². The van der Waals surface area contributed by atoms with E-state index < -0.39 is 11.8 Å². The summed E-state index contributed by atoms with van der Waals surface area (Å²) in [6.07, 6.45) is 1.62. The van der Waals surface area contributed by atoms with Gasteiger partial charge in [-0.1, -0.05) is 11.8 Å². The van der Waals surface area contributed by atoms with E-state index in [1.54, 1.807) is 18.2 Å². The van der Waals surface area contributed by atoms with Crippen LogP contribution in [0, 0.1) is 0 Å². The maximum atomic E-state index is 12.8. The van der Waals surface area contributed by atoms with Crippen molar-refractivity contribution in [2.75, 3.05) is 21.3 Å². The quantitative estimate of drug-likeness (QED) is 0.516. The number of nitrogens with zero attached hydrogens (tertiary/aromatic N) is 1. The van der Waals surface area contributed by atoms with Crippen molar-refractivity contribution in [3.63, 3.8) is 0 Å². The first-order valence-electron chi connectivity index (χ1n) is 8.56. The number of hydrazine groups is 1. The van der Waals surface area contributed by atoms with Crippen molar-refractivity contribution in [1.29, 1.82) is 0 Å². The molecule has 2 aromatic rings. The summed E-state index contributed by atoms with van der Waals surface area (Å²) in [6.45, 7) is 0. The Morgan fingerprint density at radius 2 is 1.70 bits per heavy atom. The Labute approximate surface area is 182 Å². The van der Waals surface area contributed by atoms with Crippen LogP contribution in [0.5, 0.6) is 23.0 Å². The number of thiocarbonyl (C=S) groups is 1. The lowest BCUT2D eigenvalue weighted by atomic mass is 10.1. The van der Waals surface area contributed by atoms with E-state index in [0.717, 1.165) is 16.8 Å². The zero-order valence-corrected chi connectivity index (χ0v) is 17.9. The van der Waals surface area contributed by atoms with Gasteiger partial charge in [0.25, 0.3) is 11.8 Å². The molecule has 0 atom stereocenters. The zero-order chi connectivity index (χ0) is 21.8. The number of phenols is 1. The number of carbonyl (C=O) groups excluding carboxylic acids is 2. The smallest absolute Gasteiger partial charge is 0.285 e. The molecule has 3 rings (SSSR count). The third-order valence-corrected chi connectivity index (χ3v) is 5.42. The lowest BCUT2D eigenvalue weighted by molar-refractivity contribution is -0.123. The number of thioether (sulfide) groups is 1. The number of phenolic OH excluding ortho intramolecular Hbond substituents is 1. The van der Waals surface area contributed by atoms with Gasteiger partial charge in [-0.2, -0.15) is 5.01 Å². The van der Waals surface area contributed by atoms with Gasteiger partial charge in [-0.25, -0.2) is 0 Å². The molecule has 0 bridgehead atoms. The third-order valence-electron chi connectivity index (χ3n) is 4.12. The van der Waals surface area contributed by atoms with Crippen molar-refractivity contribution in [2.45, 2.75) is 0 Å². The van der Waals surface area contributed by atoms with Crippen LogP contribution >= 0.6 is 24.0 Å². The molecule has 1 aliphatic rings. The molecular formula is C20H18N2O6S2. The van der Waals surface area contributed by atoms with Crippen LogP contribution < -0.4 is 19.6 Å². The van der Waals surface area contributed by atoms with Crippen molar-refractivity contribution in [3.05, 3.63) is 52.4 Å². The van der Waals surface area contributed by atoms with Crippen LogP contribution in [0.1, 0.15) is 15.9 Å². The number of hydrogen-bond donors (Lipinski definition) is 2. The Kier molecular flexibility index (Phi) is 6.48. The minimum atomic E-state index is -0.527. The van der Waals surface area contributed by atoms with E-state index >= 15 is 0 Å². The average molecular weight is 447 g/mol. The summed E-state index contributed by atoms with van der Waals surface area (Å²) < 4.78 is 16.1. The van der Waals surface area contributed by atoms with Gasteiger partial charge in [-0.15, -0.1) is 0 Å². The van der Waals surface area contributed by atoms with Crippen LogP contribution in [0.4, 0.5) is 0 Å². The van der Waals surface area contributed by atoms with Crippen LogP contribution in [-0.2, 0) is 4.79 Å². The standard InChI is InChI=1S/C20H18N2O6S2/c1-26-14-8-11(9-15(27-2)17(14)28-3)10-16-19(25)22(20(29)30-16)21-18(24)12-4-6-13(23)7-5-12/h4-10,23H,1-3H3,(H,21,24). The average Bonchev–Trinajstić information content (AvgIpc) is 3.00. The summed E-state index contributed by atoms with van der Waals surface area (Å²) in [4.78, 5) is 25.5. The summed E-state index contributed by atoms with van der Waals surface area (Å²) in [6, 6.07) is 9.03. The normalized spacial score (nSPS) is 14.8. The fraction of sp³-hybridized carbons (Fsp3) is 0.150. The fourth-order valence-electron chi connectivity index (χ4n) is 2.68. The molecule has 2 N–H and O–H groups in total. The van der Waals surface area contributed by atoms with E-state index in [1.165, 1.54) is 45.6 Å². The summed E-state index contributed by atoms with van der Waals surface area (Å²) >= 11 is 6.29. The molecule has 0 radical (unpaired) electrons. The van der Waals surface area contributed by atoms with Crippen molar-refractivity contribution >= 4 is 46.2 Å². The largest absolute Gasteiger partial charge is 0.508 e. The second-order valence-electron chi connectivity index (χ2n) is 5.96. The molecule has 2 amide bonds. The second-order valence-corrected chi connectivity index (χ2v) is 7.64. The van der Waals surface area contributed by atoms with E-state index in [2.05, 4.69) is 5.43 Å². The number of hydrogen-bond acceptors (Lipinski definition) is 8. The van der Waals surface area contributed by atoms with E-state index in [-0.39, 0.29) is 15.6 Å². The second kappa shape index (κ2) is 9.06. The molecule has 8 nitrogen and oxygen atoms in total. The van der Waals surface area contributed by atoms with Gasteiger partial charge in [0.05, 0.1) is 26.2 Å². The first-order chi connectivity index (χ1) is 14.4. The van der Waals surface area contributed by atoms with Crippen LogP contribution in [0.25, 0.3) is 6.08 Å². The van der Waals surface area contributed by atoms with Gasteiger partial charge < -0.3 is 19.3 Å². The number of amides is 2. The van der Waals surface area contributed by atoms with Crippen LogP contribution in [0.15, 0.2) is 41.3 Å². The van der Waals surface area contributed by atoms with E-state index in [1.807, 2.05) is 0 Å².